The minimum atomic E-state index is -0.439. The molecule has 0 saturated carbocycles. The van der Waals surface area contributed by atoms with Crippen molar-refractivity contribution in [2.45, 2.75) is 52.7 Å². The highest BCUT2D eigenvalue weighted by Crippen LogP contribution is 2.31. The average Bonchev–Trinajstić information content (AvgIpc) is 2.91. The van der Waals surface area contributed by atoms with Gasteiger partial charge in [0.15, 0.2) is 0 Å². The number of nitrogens with zero attached hydrogens (tertiary/aromatic N) is 1. The van der Waals surface area contributed by atoms with Gasteiger partial charge in [0, 0.05) is 19.1 Å². The fraction of sp³-hybridized carbons (Fsp3) is 0.632. The van der Waals surface area contributed by atoms with Crippen molar-refractivity contribution >= 4 is 6.09 Å². The topological polar surface area (TPSA) is 41.6 Å². The van der Waals surface area contributed by atoms with Crippen LogP contribution in [0.1, 0.15) is 49.9 Å². The highest BCUT2D eigenvalue weighted by atomic mass is 16.6. The Morgan fingerprint density at radius 1 is 1.30 bits per heavy atom. The highest BCUT2D eigenvalue weighted by Gasteiger charge is 2.34. The van der Waals surface area contributed by atoms with Gasteiger partial charge in [0.05, 0.1) is 0 Å². The number of rotatable bonds is 3. The third-order valence-electron chi connectivity index (χ3n) is 4.55. The number of amides is 1. The number of nitrogens with one attached hydrogen (secondary N) is 1. The van der Waals surface area contributed by atoms with E-state index in [1.54, 1.807) is 0 Å². The fourth-order valence-electron chi connectivity index (χ4n) is 3.18. The predicted molar refractivity (Wildman–Crippen MR) is 93.6 cm³/mol. The molecule has 1 N–H and O–H groups in total. The van der Waals surface area contributed by atoms with Crippen LogP contribution < -0.4 is 5.32 Å². The van der Waals surface area contributed by atoms with Gasteiger partial charge >= 0.3 is 6.09 Å². The first-order valence-electron chi connectivity index (χ1n) is 8.43. The van der Waals surface area contributed by atoms with Crippen LogP contribution in [0.3, 0.4) is 0 Å². The van der Waals surface area contributed by atoms with E-state index in [-0.39, 0.29) is 12.1 Å². The summed E-state index contributed by atoms with van der Waals surface area (Å²) in [5.41, 5.74) is 3.48. The molecule has 0 spiro atoms. The Bertz CT molecular complexity index is 563. The maximum absolute atomic E-state index is 12.2. The normalized spacial score (nSPS) is 19.7. The molecule has 1 aromatic carbocycles. The zero-order chi connectivity index (χ0) is 17.2. The lowest BCUT2D eigenvalue weighted by Gasteiger charge is -2.26. The van der Waals surface area contributed by atoms with Crippen molar-refractivity contribution in [1.82, 2.24) is 10.2 Å². The molecule has 23 heavy (non-hydrogen) atoms. The third kappa shape index (κ3) is 4.47. The second-order valence-electron chi connectivity index (χ2n) is 7.59. The van der Waals surface area contributed by atoms with Gasteiger partial charge in [-0.2, -0.15) is 0 Å². The van der Waals surface area contributed by atoms with Crippen molar-refractivity contribution in [2.75, 3.05) is 20.1 Å². The quantitative estimate of drug-likeness (QED) is 0.921. The van der Waals surface area contributed by atoms with E-state index in [4.69, 9.17) is 4.74 Å². The summed E-state index contributed by atoms with van der Waals surface area (Å²) in [7, 11) is 2.00. The molecule has 1 aromatic rings. The van der Waals surface area contributed by atoms with E-state index < -0.39 is 5.60 Å². The summed E-state index contributed by atoms with van der Waals surface area (Å²) < 4.78 is 5.49. The third-order valence-corrected chi connectivity index (χ3v) is 4.55. The molecule has 4 nitrogen and oxygen atoms in total. The summed E-state index contributed by atoms with van der Waals surface area (Å²) in [6.45, 7) is 11.5. The molecule has 1 heterocycles. The van der Waals surface area contributed by atoms with Gasteiger partial charge in [-0.3, -0.25) is 0 Å². The standard InChI is InChI=1S/C19H30N2O2/c1-13-7-8-15(11-14(13)2)17(20-6)16-9-10-21(12-16)18(22)23-19(3,4)5/h7-8,11,16-17,20H,9-10,12H2,1-6H3. The Balaban J connectivity index is 2.06. The second kappa shape index (κ2) is 6.91. The van der Waals surface area contributed by atoms with Gasteiger partial charge in [0.2, 0.25) is 0 Å². The molecule has 2 atom stereocenters. The number of hydrogen-bond donors (Lipinski definition) is 1. The molecule has 1 aliphatic heterocycles. The molecular weight excluding hydrogens is 288 g/mol. The molecule has 0 aliphatic carbocycles. The molecule has 0 aromatic heterocycles. The Kier molecular flexibility index (Phi) is 5.35. The van der Waals surface area contributed by atoms with Crippen LogP contribution >= 0.6 is 0 Å². The molecule has 2 unspecified atom stereocenters. The van der Waals surface area contributed by atoms with E-state index in [1.807, 2.05) is 32.7 Å². The molecule has 0 bridgehead atoms. The number of aryl methyl sites for hydroxylation is 2. The van der Waals surface area contributed by atoms with Crippen LogP contribution in [0.2, 0.25) is 0 Å². The first kappa shape index (κ1) is 17.8. The van der Waals surface area contributed by atoms with Crippen LogP contribution in [0.15, 0.2) is 18.2 Å². The van der Waals surface area contributed by atoms with Gasteiger partial charge in [0.1, 0.15) is 5.60 Å². The van der Waals surface area contributed by atoms with E-state index in [1.165, 1.54) is 16.7 Å². The maximum atomic E-state index is 12.2. The van der Waals surface area contributed by atoms with E-state index in [0.29, 0.717) is 5.92 Å². The average molecular weight is 318 g/mol. The molecule has 1 fully saturated rings. The molecule has 0 radical (unpaired) electrons. The molecule has 1 aliphatic rings. The summed E-state index contributed by atoms with van der Waals surface area (Å²) >= 11 is 0. The van der Waals surface area contributed by atoms with Crippen molar-refractivity contribution < 1.29 is 9.53 Å². The fourth-order valence-corrected chi connectivity index (χ4v) is 3.18. The number of benzene rings is 1. The molecule has 1 amide bonds. The van der Waals surface area contributed by atoms with E-state index in [2.05, 4.69) is 37.4 Å². The van der Waals surface area contributed by atoms with Gasteiger partial charge in [0.25, 0.3) is 0 Å². The van der Waals surface area contributed by atoms with Crippen LogP contribution in [0.4, 0.5) is 4.79 Å². The minimum Gasteiger partial charge on any atom is -0.444 e. The number of ether oxygens (including phenoxy) is 1. The molecule has 1 saturated heterocycles. The van der Waals surface area contributed by atoms with Crippen LogP contribution in [0, 0.1) is 19.8 Å². The number of likely N-dealkylation sites (tertiary alicyclic amines) is 1. The SMILES string of the molecule is CNC(c1ccc(C)c(C)c1)C1CCN(C(=O)OC(C)(C)C)C1. The largest absolute Gasteiger partial charge is 0.444 e. The first-order valence-corrected chi connectivity index (χ1v) is 8.43. The maximum Gasteiger partial charge on any atom is 0.410 e. The summed E-state index contributed by atoms with van der Waals surface area (Å²) in [6, 6.07) is 6.89. The van der Waals surface area contributed by atoms with Crippen LogP contribution in [-0.4, -0.2) is 36.7 Å². The monoisotopic (exact) mass is 318 g/mol. The number of carbonyl (C=O) groups excluding carboxylic acids is 1. The zero-order valence-electron chi connectivity index (χ0n) is 15.3. The molecule has 128 valence electrons. The molecule has 2 rings (SSSR count). The van der Waals surface area contributed by atoms with Gasteiger partial charge in [-0.05, 0) is 70.7 Å². The van der Waals surface area contributed by atoms with Gasteiger partial charge in [-0.25, -0.2) is 4.79 Å². The van der Waals surface area contributed by atoms with Gasteiger partial charge in [-0.15, -0.1) is 0 Å². The number of hydrogen-bond acceptors (Lipinski definition) is 3. The van der Waals surface area contributed by atoms with Gasteiger partial charge in [-0.1, -0.05) is 18.2 Å². The van der Waals surface area contributed by atoms with E-state index in [9.17, 15) is 4.79 Å². The summed E-state index contributed by atoms with van der Waals surface area (Å²) in [4.78, 5) is 14.1. The van der Waals surface area contributed by atoms with Crippen molar-refractivity contribution in [3.63, 3.8) is 0 Å². The predicted octanol–water partition coefficient (Wildman–Crippen LogP) is 3.82. The summed E-state index contributed by atoms with van der Waals surface area (Å²) in [5, 5.41) is 3.44. The Morgan fingerprint density at radius 2 is 2.00 bits per heavy atom. The summed E-state index contributed by atoms with van der Waals surface area (Å²) in [5.74, 6) is 0.412. The lowest BCUT2D eigenvalue weighted by Crippen LogP contribution is -2.36. The molecular formula is C19H30N2O2. The Hall–Kier alpha value is -1.55. The first-order chi connectivity index (χ1) is 10.7. The highest BCUT2D eigenvalue weighted by molar-refractivity contribution is 5.68. The van der Waals surface area contributed by atoms with Crippen molar-refractivity contribution in [3.8, 4) is 0 Å². The minimum absolute atomic E-state index is 0.199. The van der Waals surface area contributed by atoms with Gasteiger partial charge < -0.3 is 15.0 Å². The number of carbonyl (C=O) groups is 1. The lowest BCUT2D eigenvalue weighted by atomic mass is 9.90. The van der Waals surface area contributed by atoms with E-state index in [0.717, 1.165) is 19.5 Å². The van der Waals surface area contributed by atoms with Crippen LogP contribution in [-0.2, 0) is 4.74 Å². The van der Waals surface area contributed by atoms with Crippen LogP contribution in [0.5, 0.6) is 0 Å². The lowest BCUT2D eigenvalue weighted by molar-refractivity contribution is 0.0285. The van der Waals surface area contributed by atoms with Crippen molar-refractivity contribution in [3.05, 3.63) is 34.9 Å². The van der Waals surface area contributed by atoms with E-state index >= 15 is 0 Å². The van der Waals surface area contributed by atoms with Crippen molar-refractivity contribution in [2.24, 2.45) is 5.92 Å². The summed E-state index contributed by atoms with van der Waals surface area (Å²) in [6.07, 6.45) is 0.799. The van der Waals surface area contributed by atoms with Crippen LogP contribution in [0.25, 0.3) is 0 Å². The second-order valence-corrected chi connectivity index (χ2v) is 7.59. The molecule has 4 heteroatoms. The van der Waals surface area contributed by atoms with Crippen molar-refractivity contribution in [1.29, 1.82) is 0 Å². The zero-order valence-corrected chi connectivity index (χ0v) is 15.3. The smallest absolute Gasteiger partial charge is 0.410 e. The Labute approximate surface area is 140 Å². The Morgan fingerprint density at radius 3 is 2.57 bits per heavy atom.